The molecule has 12 heavy (non-hydrogen) atoms. The number of ether oxygens (including phenoxy) is 1. The largest absolute Gasteiger partial charge is 0.382 e. The molecule has 0 amide bonds. The molecule has 0 unspecified atom stereocenters. The van der Waals surface area contributed by atoms with Gasteiger partial charge in [-0.05, 0) is 26.2 Å². The van der Waals surface area contributed by atoms with Gasteiger partial charge < -0.3 is 4.74 Å². The third-order valence-electron chi connectivity index (χ3n) is 1.69. The smallest absolute Gasteiger partial charge is 0.0465 e. The molecule has 72 valence electrons. The van der Waals surface area contributed by atoms with Gasteiger partial charge in [-0.3, -0.25) is 0 Å². The van der Waals surface area contributed by atoms with Crippen LogP contribution in [0.15, 0.2) is 11.6 Å². The molecular weight excluding hydrogens is 172 g/mol. The van der Waals surface area contributed by atoms with Gasteiger partial charge in [-0.15, -0.1) is 0 Å². The Hall–Kier alpha value is -0.0100. The van der Waals surface area contributed by atoms with E-state index in [2.05, 4.69) is 6.58 Å². The molecule has 0 radical (unpaired) electrons. The molecule has 1 nitrogen and oxygen atoms in total. The van der Waals surface area contributed by atoms with Crippen LogP contribution in [0.1, 0.15) is 39.0 Å². The predicted molar refractivity (Wildman–Crippen MR) is 54.6 cm³/mol. The van der Waals surface area contributed by atoms with Gasteiger partial charge in [-0.2, -0.15) is 0 Å². The molecule has 0 aliphatic heterocycles. The molecule has 0 saturated heterocycles. The molecule has 0 rings (SSSR count). The van der Waals surface area contributed by atoms with Crippen molar-refractivity contribution in [2.24, 2.45) is 0 Å². The Morgan fingerprint density at radius 1 is 1.25 bits per heavy atom. The SMILES string of the molecule is C=C(Cl)CCCCCCOCC. The summed E-state index contributed by atoms with van der Waals surface area (Å²) >= 11 is 5.62. The maximum atomic E-state index is 5.62. The molecule has 0 aromatic heterocycles. The summed E-state index contributed by atoms with van der Waals surface area (Å²) in [5, 5.41) is 0.778. The van der Waals surface area contributed by atoms with Crippen molar-refractivity contribution in [2.75, 3.05) is 13.2 Å². The van der Waals surface area contributed by atoms with Crippen molar-refractivity contribution in [1.29, 1.82) is 0 Å². The van der Waals surface area contributed by atoms with Gasteiger partial charge in [0.1, 0.15) is 0 Å². The Bertz CT molecular complexity index is 112. The highest BCUT2D eigenvalue weighted by Crippen LogP contribution is 2.10. The minimum atomic E-state index is 0.778. The summed E-state index contributed by atoms with van der Waals surface area (Å²) in [5.41, 5.74) is 0. The minimum absolute atomic E-state index is 0.778. The monoisotopic (exact) mass is 190 g/mol. The molecular formula is C10H19ClO. The van der Waals surface area contributed by atoms with Gasteiger partial charge in [0.2, 0.25) is 0 Å². The van der Waals surface area contributed by atoms with Crippen molar-refractivity contribution in [3.63, 3.8) is 0 Å². The molecule has 0 spiro atoms. The number of halogens is 1. The Morgan fingerprint density at radius 3 is 2.50 bits per heavy atom. The molecule has 2 heteroatoms. The van der Waals surface area contributed by atoms with Crippen LogP contribution in [0.3, 0.4) is 0 Å². The van der Waals surface area contributed by atoms with Gasteiger partial charge in [0.15, 0.2) is 0 Å². The predicted octanol–water partition coefficient (Wildman–Crippen LogP) is 3.73. The van der Waals surface area contributed by atoms with E-state index in [0.29, 0.717) is 0 Å². The molecule has 0 aromatic carbocycles. The number of hydrogen-bond acceptors (Lipinski definition) is 1. The first-order chi connectivity index (χ1) is 5.77. The summed E-state index contributed by atoms with van der Waals surface area (Å²) in [5.74, 6) is 0. The first-order valence-corrected chi connectivity index (χ1v) is 5.06. The molecule has 0 saturated carbocycles. The third-order valence-corrected chi connectivity index (χ3v) is 1.88. The zero-order chi connectivity index (χ0) is 9.23. The van der Waals surface area contributed by atoms with E-state index in [9.17, 15) is 0 Å². The van der Waals surface area contributed by atoms with Crippen LogP contribution in [-0.2, 0) is 4.74 Å². The summed E-state index contributed by atoms with van der Waals surface area (Å²) < 4.78 is 5.22. The number of unbranched alkanes of at least 4 members (excludes halogenated alkanes) is 3. The van der Waals surface area contributed by atoms with Crippen LogP contribution < -0.4 is 0 Å². The van der Waals surface area contributed by atoms with Gasteiger partial charge in [0.05, 0.1) is 0 Å². The van der Waals surface area contributed by atoms with Crippen LogP contribution in [0.25, 0.3) is 0 Å². The highest BCUT2D eigenvalue weighted by molar-refractivity contribution is 6.29. The molecule has 0 N–H and O–H groups in total. The Labute approximate surface area is 80.8 Å². The first kappa shape index (κ1) is 12.0. The highest BCUT2D eigenvalue weighted by Gasteiger charge is 1.91. The summed E-state index contributed by atoms with van der Waals surface area (Å²) in [6, 6.07) is 0. The molecule has 0 heterocycles. The second-order valence-corrected chi connectivity index (χ2v) is 3.41. The van der Waals surface area contributed by atoms with Crippen molar-refractivity contribution in [3.05, 3.63) is 11.6 Å². The van der Waals surface area contributed by atoms with E-state index in [1.54, 1.807) is 0 Å². The van der Waals surface area contributed by atoms with Crippen LogP contribution in [0.5, 0.6) is 0 Å². The fraction of sp³-hybridized carbons (Fsp3) is 0.800. The molecule has 0 atom stereocenters. The Morgan fingerprint density at radius 2 is 1.92 bits per heavy atom. The van der Waals surface area contributed by atoms with Crippen LogP contribution in [0.2, 0.25) is 0 Å². The van der Waals surface area contributed by atoms with E-state index >= 15 is 0 Å². The van der Waals surface area contributed by atoms with Crippen LogP contribution in [-0.4, -0.2) is 13.2 Å². The van der Waals surface area contributed by atoms with Gasteiger partial charge in [0.25, 0.3) is 0 Å². The summed E-state index contributed by atoms with van der Waals surface area (Å²) in [6.45, 7) is 7.40. The van der Waals surface area contributed by atoms with Crippen LogP contribution in [0.4, 0.5) is 0 Å². The molecule has 0 aliphatic rings. The zero-order valence-corrected chi connectivity index (χ0v) is 8.70. The summed E-state index contributed by atoms with van der Waals surface area (Å²) in [6.07, 6.45) is 5.76. The number of hydrogen-bond donors (Lipinski definition) is 0. The zero-order valence-electron chi connectivity index (χ0n) is 7.94. The van der Waals surface area contributed by atoms with Crippen molar-refractivity contribution < 1.29 is 4.74 Å². The topological polar surface area (TPSA) is 9.23 Å². The fourth-order valence-corrected chi connectivity index (χ4v) is 1.15. The molecule has 0 fully saturated rings. The second-order valence-electron chi connectivity index (χ2n) is 2.88. The lowest BCUT2D eigenvalue weighted by atomic mass is 10.1. The molecule has 0 bridgehead atoms. The lowest BCUT2D eigenvalue weighted by Crippen LogP contribution is -1.92. The number of rotatable bonds is 8. The first-order valence-electron chi connectivity index (χ1n) is 4.68. The Kier molecular flexibility index (Phi) is 9.07. The van der Waals surface area contributed by atoms with Crippen molar-refractivity contribution in [3.8, 4) is 0 Å². The minimum Gasteiger partial charge on any atom is -0.382 e. The lowest BCUT2D eigenvalue weighted by Gasteiger charge is -2.00. The second kappa shape index (κ2) is 9.08. The third kappa shape index (κ3) is 9.99. The quantitative estimate of drug-likeness (QED) is 0.530. The fourth-order valence-electron chi connectivity index (χ4n) is 1.02. The highest BCUT2D eigenvalue weighted by atomic mass is 35.5. The average Bonchev–Trinajstić information content (AvgIpc) is 2.02. The maximum absolute atomic E-state index is 5.62. The van der Waals surface area contributed by atoms with E-state index in [4.69, 9.17) is 16.3 Å². The van der Waals surface area contributed by atoms with Crippen LogP contribution in [0, 0.1) is 0 Å². The standard InChI is InChI=1S/C10H19ClO/c1-3-12-9-7-5-4-6-8-10(2)11/h2-9H2,1H3. The average molecular weight is 191 g/mol. The van der Waals surface area contributed by atoms with E-state index in [-0.39, 0.29) is 0 Å². The Balaban J connectivity index is 2.86. The molecule has 0 aliphatic carbocycles. The number of allylic oxidation sites excluding steroid dienone is 1. The van der Waals surface area contributed by atoms with Crippen molar-refractivity contribution in [2.45, 2.75) is 39.0 Å². The van der Waals surface area contributed by atoms with Gasteiger partial charge in [-0.25, -0.2) is 0 Å². The summed E-state index contributed by atoms with van der Waals surface area (Å²) in [4.78, 5) is 0. The van der Waals surface area contributed by atoms with E-state index in [0.717, 1.165) is 31.1 Å². The van der Waals surface area contributed by atoms with Gasteiger partial charge in [0, 0.05) is 18.2 Å². The van der Waals surface area contributed by atoms with Gasteiger partial charge in [-0.1, -0.05) is 31.0 Å². The maximum Gasteiger partial charge on any atom is 0.0465 e. The van der Waals surface area contributed by atoms with Gasteiger partial charge >= 0.3 is 0 Å². The van der Waals surface area contributed by atoms with E-state index in [1.165, 1.54) is 19.3 Å². The van der Waals surface area contributed by atoms with E-state index < -0.39 is 0 Å². The molecule has 0 aromatic rings. The van der Waals surface area contributed by atoms with E-state index in [1.807, 2.05) is 6.92 Å². The van der Waals surface area contributed by atoms with Crippen molar-refractivity contribution in [1.82, 2.24) is 0 Å². The summed E-state index contributed by atoms with van der Waals surface area (Å²) in [7, 11) is 0. The normalized spacial score (nSPS) is 10.2. The lowest BCUT2D eigenvalue weighted by molar-refractivity contribution is 0.143. The van der Waals surface area contributed by atoms with Crippen molar-refractivity contribution >= 4 is 11.6 Å². The van der Waals surface area contributed by atoms with Crippen LogP contribution >= 0.6 is 11.6 Å².